The van der Waals surface area contributed by atoms with Gasteiger partial charge in [-0.3, -0.25) is 4.79 Å². The van der Waals surface area contributed by atoms with Gasteiger partial charge in [0.1, 0.15) is 11.6 Å². The fourth-order valence-corrected chi connectivity index (χ4v) is 1.86. The van der Waals surface area contributed by atoms with Crippen molar-refractivity contribution in [3.8, 4) is 5.75 Å². The number of hydrogen-bond donors (Lipinski definition) is 0. The van der Waals surface area contributed by atoms with Crippen LogP contribution in [0.2, 0.25) is 0 Å². The average molecular weight is 304 g/mol. The summed E-state index contributed by atoms with van der Waals surface area (Å²) in [4.78, 5) is 13.3. The quantitative estimate of drug-likeness (QED) is 0.837. The van der Waals surface area contributed by atoms with Crippen molar-refractivity contribution in [3.63, 3.8) is 0 Å². The fraction of sp³-hybridized carbons (Fsp3) is 0.417. The molecule has 0 N–H and O–H groups in total. The summed E-state index contributed by atoms with van der Waals surface area (Å²) in [6, 6.07) is 4.09. The highest BCUT2D eigenvalue weighted by Gasteiger charge is 2.11. The summed E-state index contributed by atoms with van der Waals surface area (Å²) in [5.41, 5.74) is 0. The van der Waals surface area contributed by atoms with Crippen molar-refractivity contribution in [2.24, 2.45) is 0 Å². The van der Waals surface area contributed by atoms with E-state index in [0.717, 1.165) is 0 Å². The van der Waals surface area contributed by atoms with E-state index in [1.807, 2.05) is 13.8 Å². The third-order valence-corrected chi connectivity index (χ3v) is 2.98. The SMILES string of the molecule is CCN(CC)C(=O)COc1ccc(F)cc1Br. The van der Waals surface area contributed by atoms with Crippen LogP contribution in [0, 0.1) is 5.82 Å². The molecular formula is C12H15BrFNO2. The molecular weight excluding hydrogens is 289 g/mol. The molecule has 1 rings (SSSR count). The van der Waals surface area contributed by atoms with Gasteiger partial charge in [-0.05, 0) is 48.0 Å². The molecule has 0 atom stereocenters. The van der Waals surface area contributed by atoms with Gasteiger partial charge in [-0.25, -0.2) is 4.39 Å². The van der Waals surface area contributed by atoms with E-state index in [9.17, 15) is 9.18 Å². The maximum atomic E-state index is 12.8. The molecule has 0 aromatic heterocycles. The molecule has 17 heavy (non-hydrogen) atoms. The molecule has 0 aliphatic rings. The van der Waals surface area contributed by atoms with Crippen LogP contribution in [-0.4, -0.2) is 30.5 Å². The summed E-state index contributed by atoms with van der Waals surface area (Å²) in [5, 5.41) is 0. The third-order valence-electron chi connectivity index (χ3n) is 2.36. The summed E-state index contributed by atoms with van der Waals surface area (Å²) >= 11 is 3.18. The van der Waals surface area contributed by atoms with Crippen molar-refractivity contribution in [1.29, 1.82) is 0 Å². The first-order valence-corrected chi connectivity index (χ1v) is 6.23. The van der Waals surface area contributed by atoms with E-state index in [-0.39, 0.29) is 18.3 Å². The maximum absolute atomic E-state index is 12.8. The van der Waals surface area contributed by atoms with Crippen molar-refractivity contribution in [3.05, 3.63) is 28.5 Å². The molecule has 1 amide bonds. The summed E-state index contributed by atoms with van der Waals surface area (Å²) < 4.78 is 18.7. The van der Waals surface area contributed by atoms with Crippen LogP contribution in [0.1, 0.15) is 13.8 Å². The molecule has 1 aromatic carbocycles. The summed E-state index contributed by atoms with van der Waals surface area (Å²) in [7, 11) is 0. The molecule has 3 nitrogen and oxygen atoms in total. The van der Waals surface area contributed by atoms with E-state index in [2.05, 4.69) is 15.9 Å². The molecule has 0 radical (unpaired) electrons. The van der Waals surface area contributed by atoms with Gasteiger partial charge in [0, 0.05) is 13.1 Å². The summed E-state index contributed by atoms with van der Waals surface area (Å²) in [5.74, 6) is 0.0393. The Morgan fingerprint density at radius 2 is 2.06 bits per heavy atom. The molecule has 0 aliphatic carbocycles. The summed E-state index contributed by atoms with van der Waals surface area (Å²) in [6.07, 6.45) is 0. The number of amides is 1. The highest BCUT2D eigenvalue weighted by molar-refractivity contribution is 9.10. The highest BCUT2D eigenvalue weighted by Crippen LogP contribution is 2.25. The van der Waals surface area contributed by atoms with Crippen LogP contribution < -0.4 is 4.74 Å². The minimum absolute atomic E-state index is 0.0358. The zero-order valence-corrected chi connectivity index (χ0v) is 11.5. The van der Waals surface area contributed by atoms with Crippen molar-refractivity contribution in [2.45, 2.75) is 13.8 Å². The Morgan fingerprint density at radius 1 is 1.41 bits per heavy atom. The van der Waals surface area contributed by atoms with Gasteiger partial charge in [0.15, 0.2) is 6.61 Å². The van der Waals surface area contributed by atoms with E-state index < -0.39 is 0 Å². The Bertz CT molecular complexity index is 394. The van der Waals surface area contributed by atoms with E-state index >= 15 is 0 Å². The predicted octanol–water partition coefficient (Wildman–Crippen LogP) is 2.84. The maximum Gasteiger partial charge on any atom is 0.260 e. The predicted molar refractivity (Wildman–Crippen MR) is 67.5 cm³/mol. The summed E-state index contributed by atoms with van der Waals surface area (Å²) in [6.45, 7) is 5.10. The third kappa shape index (κ3) is 4.00. The Kier molecular flexibility index (Phi) is 5.41. The minimum atomic E-state index is -0.348. The molecule has 0 bridgehead atoms. The zero-order chi connectivity index (χ0) is 12.8. The van der Waals surface area contributed by atoms with Gasteiger partial charge in [-0.1, -0.05) is 0 Å². The van der Waals surface area contributed by atoms with Gasteiger partial charge in [0.2, 0.25) is 0 Å². The first-order chi connectivity index (χ1) is 8.08. The largest absolute Gasteiger partial charge is 0.483 e. The molecule has 0 saturated carbocycles. The zero-order valence-electron chi connectivity index (χ0n) is 9.87. The van der Waals surface area contributed by atoms with Crippen LogP contribution in [0.15, 0.2) is 22.7 Å². The number of carbonyl (C=O) groups excluding carboxylic acids is 1. The van der Waals surface area contributed by atoms with Crippen LogP contribution in [0.25, 0.3) is 0 Å². The molecule has 0 fully saturated rings. The molecule has 0 unspecified atom stereocenters. The normalized spacial score (nSPS) is 10.1. The lowest BCUT2D eigenvalue weighted by molar-refractivity contribution is -0.132. The Balaban J connectivity index is 2.58. The first kappa shape index (κ1) is 14.0. The van der Waals surface area contributed by atoms with E-state index in [0.29, 0.717) is 23.3 Å². The first-order valence-electron chi connectivity index (χ1n) is 5.44. The molecule has 0 spiro atoms. The second kappa shape index (κ2) is 6.59. The number of hydrogen-bond acceptors (Lipinski definition) is 2. The molecule has 0 aliphatic heterocycles. The van der Waals surface area contributed by atoms with Crippen LogP contribution in [0.5, 0.6) is 5.75 Å². The van der Waals surface area contributed by atoms with Crippen LogP contribution in [0.3, 0.4) is 0 Å². The van der Waals surface area contributed by atoms with Crippen molar-refractivity contribution >= 4 is 21.8 Å². The van der Waals surface area contributed by atoms with Crippen LogP contribution >= 0.6 is 15.9 Å². The van der Waals surface area contributed by atoms with Gasteiger partial charge >= 0.3 is 0 Å². The number of rotatable bonds is 5. The number of likely N-dealkylation sites (N-methyl/N-ethyl adjacent to an activating group) is 1. The number of ether oxygens (including phenoxy) is 1. The van der Waals surface area contributed by atoms with Crippen LogP contribution in [0.4, 0.5) is 4.39 Å². The van der Waals surface area contributed by atoms with Crippen molar-refractivity contribution in [2.75, 3.05) is 19.7 Å². The van der Waals surface area contributed by atoms with Gasteiger partial charge in [0.25, 0.3) is 5.91 Å². The average Bonchev–Trinajstić information content (AvgIpc) is 2.29. The number of nitrogens with zero attached hydrogens (tertiary/aromatic N) is 1. The van der Waals surface area contributed by atoms with Gasteiger partial charge in [0.05, 0.1) is 4.47 Å². The van der Waals surface area contributed by atoms with Crippen molar-refractivity contribution < 1.29 is 13.9 Å². The number of benzene rings is 1. The number of carbonyl (C=O) groups is 1. The Labute approximate surface area is 109 Å². The van der Waals surface area contributed by atoms with Gasteiger partial charge < -0.3 is 9.64 Å². The van der Waals surface area contributed by atoms with Gasteiger partial charge in [-0.2, -0.15) is 0 Å². The molecule has 1 aromatic rings. The second-order valence-corrected chi connectivity index (χ2v) is 4.28. The van der Waals surface area contributed by atoms with E-state index in [1.54, 1.807) is 4.90 Å². The smallest absolute Gasteiger partial charge is 0.260 e. The lowest BCUT2D eigenvalue weighted by Gasteiger charge is -2.18. The Hall–Kier alpha value is -1.10. The fourth-order valence-electron chi connectivity index (χ4n) is 1.40. The topological polar surface area (TPSA) is 29.5 Å². The Morgan fingerprint density at radius 3 is 2.59 bits per heavy atom. The standard InChI is InChI=1S/C12H15BrFNO2/c1-3-15(4-2)12(16)8-17-11-6-5-9(14)7-10(11)13/h5-7H,3-4,8H2,1-2H3. The highest BCUT2D eigenvalue weighted by atomic mass is 79.9. The minimum Gasteiger partial charge on any atom is -0.483 e. The molecule has 0 saturated heterocycles. The second-order valence-electron chi connectivity index (χ2n) is 3.43. The molecule has 5 heteroatoms. The van der Waals surface area contributed by atoms with Gasteiger partial charge in [-0.15, -0.1) is 0 Å². The number of halogens is 2. The monoisotopic (exact) mass is 303 g/mol. The van der Waals surface area contributed by atoms with Crippen molar-refractivity contribution in [1.82, 2.24) is 4.90 Å². The lowest BCUT2D eigenvalue weighted by atomic mass is 10.3. The van der Waals surface area contributed by atoms with Crippen LogP contribution in [-0.2, 0) is 4.79 Å². The van der Waals surface area contributed by atoms with E-state index in [4.69, 9.17) is 4.74 Å². The molecule has 0 heterocycles. The lowest BCUT2D eigenvalue weighted by Crippen LogP contribution is -2.34. The van der Waals surface area contributed by atoms with E-state index in [1.165, 1.54) is 18.2 Å². The molecule has 94 valence electrons.